The Bertz CT molecular complexity index is 921. The van der Waals surface area contributed by atoms with Crippen LogP contribution in [0.1, 0.15) is 52.7 Å². The molecule has 12 nitrogen and oxygen atoms in total. The molecule has 2 aliphatic rings. The van der Waals surface area contributed by atoms with E-state index in [9.17, 15) is 0 Å². The first-order chi connectivity index (χ1) is 20.9. The molecule has 2 N–H and O–H groups in total. The highest BCUT2D eigenvalue weighted by molar-refractivity contribution is 5.70. The Morgan fingerprint density at radius 2 is 0.795 bits per heavy atom. The molecule has 2 atom stereocenters. The fourth-order valence-electron chi connectivity index (χ4n) is 5.49. The van der Waals surface area contributed by atoms with E-state index in [4.69, 9.17) is 47.4 Å². The van der Waals surface area contributed by atoms with Gasteiger partial charge in [0.2, 0.25) is 0 Å². The molecule has 0 spiro atoms. The molecule has 1 aromatic rings. The second-order valence-electron chi connectivity index (χ2n) is 12.4. The zero-order valence-corrected chi connectivity index (χ0v) is 28.1. The zero-order chi connectivity index (χ0) is 32.1. The van der Waals surface area contributed by atoms with Crippen LogP contribution in [0.4, 0.5) is 11.4 Å². The first kappa shape index (κ1) is 36.9. The van der Waals surface area contributed by atoms with Gasteiger partial charge in [0, 0.05) is 36.7 Å². The number of fused-ring (bicyclic) bond motifs is 2. The van der Waals surface area contributed by atoms with E-state index in [0.29, 0.717) is 92.5 Å². The second-order valence-corrected chi connectivity index (χ2v) is 12.4. The molecule has 12 heteroatoms. The molecule has 0 bridgehead atoms. The van der Waals surface area contributed by atoms with Gasteiger partial charge in [-0.3, -0.25) is 0 Å². The maximum atomic E-state index is 6.57. The van der Waals surface area contributed by atoms with Crippen LogP contribution in [0.25, 0.3) is 0 Å². The standard InChI is InChI=1S/C32H56N2O10/c1-29(2)25-21-26-28(22-27(25)33-31(5,43-29)23-41-19-17-39-15-13-37-11-9-35-7)34-32(6,44-30(26,3)4)24-42-20-18-40-16-14-38-12-10-36-8/h21-22,33-34H,9-20,23-24H2,1-8H3. The third-order valence-corrected chi connectivity index (χ3v) is 7.32. The number of hydrogen-bond acceptors (Lipinski definition) is 12. The van der Waals surface area contributed by atoms with Crippen molar-refractivity contribution in [2.75, 3.05) is 117 Å². The Kier molecular flexibility index (Phi) is 14.6. The predicted octanol–water partition coefficient (Wildman–Crippen LogP) is 3.87. The van der Waals surface area contributed by atoms with Crippen LogP contribution >= 0.6 is 0 Å². The highest BCUT2D eigenvalue weighted by Crippen LogP contribution is 2.48. The van der Waals surface area contributed by atoms with Gasteiger partial charge in [-0.25, -0.2) is 0 Å². The van der Waals surface area contributed by atoms with Gasteiger partial charge in [0.25, 0.3) is 0 Å². The summed E-state index contributed by atoms with van der Waals surface area (Å²) in [5, 5.41) is 7.17. The molecule has 2 unspecified atom stereocenters. The maximum Gasteiger partial charge on any atom is 0.160 e. The number of methoxy groups -OCH3 is 2. The zero-order valence-electron chi connectivity index (χ0n) is 28.1. The number of ether oxygens (including phenoxy) is 10. The summed E-state index contributed by atoms with van der Waals surface area (Å²) in [6.45, 7) is 19.3. The van der Waals surface area contributed by atoms with Gasteiger partial charge in [0.1, 0.15) is 0 Å². The molecule has 44 heavy (non-hydrogen) atoms. The average molecular weight is 629 g/mol. The molecule has 0 amide bonds. The molecule has 0 fully saturated rings. The Hall–Kier alpha value is -1.58. The number of nitrogens with one attached hydrogen (secondary N) is 2. The first-order valence-electron chi connectivity index (χ1n) is 15.5. The number of anilines is 2. The van der Waals surface area contributed by atoms with Crippen LogP contribution in [-0.4, -0.2) is 118 Å². The SMILES string of the molecule is COCCOCCOCCOCC1(C)Nc2cc3c(cc2C(C)(C)O1)C(C)(C)OC(C)(COCCOCCOCCOC)N3. The van der Waals surface area contributed by atoms with Crippen molar-refractivity contribution in [3.05, 3.63) is 23.3 Å². The van der Waals surface area contributed by atoms with E-state index in [2.05, 4.69) is 50.5 Å². The second kappa shape index (κ2) is 17.4. The van der Waals surface area contributed by atoms with Crippen LogP contribution in [0.15, 0.2) is 12.1 Å². The molecular weight excluding hydrogens is 572 g/mol. The van der Waals surface area contributed by atoms with Gasteiger partial charge >= 0.3 is 0 Å². The van der Waals surface area contributed by atoms with E-state index in [1.165, 1.54) is 0 Å². The first-order valence-corrected chi connectivity index (χ1v) is 15.5. The molecular formula is C32H56N2O10. The highest BCUT2D eigenvalue weighted by atomic mass is 16.6. The van der Waals surface area contributed by atoms with Gasteiger partial charge in [-0.2, -0.15) is 0 Å². The Labute approximate surface area is 263 Å². The van der Waals surface area contributed by atoms with Crippen molar-refractivity contribution < 1.29 is 47.4 Å². The van der Waals surface area contributed by atoms with Crippen molar-refractivity contribution in [1.29, 1.82) is 0 Å². The maximum absolute atomic E-state index is 6.57. The fraction of sp³-hybridized carbons (Fsp3) is 0.812. The van der Waals surface area contributed by atoms with Gasteiger partial charge in [0.05, 0.1) is 104 Å². The minimum Gasteiger partial charge on any atom is -0.382 e. The summed E-state index contributed by atoms with van der Waals surface area (Å²) >= 11 is 0. The summed E-state index contributed by atoms with van der Waals surface area (Å²) in [6.07, 6.45) is 0. The summed E-state index contributed by atoms with van der Waals surface area (Å²) < 4.78 is 57.0. The van der Waals surface area contributed by atoms with E-state index in [0.717, 1.165) is 22.5 Å². The molecule has 1 aromatic carbocycles. The normalized spacial score (nSPS) is 23.5. The van der Waals surface area contributed by atoms with Crippen LogP contribution in [0.2, 0.25) is 0 Å². The third-order valence-electron chi connectivity index (χ3n) is 7.32. The molecule has 254 valence electrons. The largest absolute Gasteiger partial charge is 0.382 e. The molecule has 0 aromatic heterocycles. The Morgan fingerprint density at radius 1 is 0.477 bits per heavy atom. The Balaban J connectivity index is 1.52. The molecule has 2 aliphatic heterocycles. The fourth-order valence-corrected chi connectivity index (χ4v) is 5.49. The molecule has 3 rings (SSSR count). The predicted molar refractivity (Wildman–Crippen MR) is 167 cm³/mol. The molecule has 0 radical (unpaired) electrons. The third kappa shape index (κ3) is 11.3. The minimum atomic E-state index is -0.726. The number of rotatable bonds is 22. The van der Waals surface area contributed by atoms with Crippen molar-refractivity contribution in [3.8, 4) is 0 Å². The van der Waals surface area contributed by atoms with Gasteiger partial charge in [-0.05, 0) is 53.7 Å². The minimum absolute atomic E-state index is 0.357. The smallest absolute Gasteiger partial charge is 0.160 e. The van der Waals surface area contributed by atoms with Gasteiger partial charge < -0.3 is 58.0 Å². The summed E-state index contributed by atoms with van der Waals surface area (Å²) in [5.74, 6) is 0. The topological polar surface area (TPSA) is 116 Å². The monoisotopic (exact) mass is 628 g/mol. The van der Waals surface area contributed by atoms with Crippen molar-refractivity contribution in [2.45, 2.75) is 64.2 Å². The van der Waals surface area contributed by atoms with E-state index in [-0.39, 0.29) is 0 Å². The lowest BCUT2D eigenvalue weighted by atomic mass is 9.84. The van der Waals surface area contributed by atoms with E-state index >= 15 is 0 Å². The quantitative estimate of drug-likeness (QED) is 0.182. The highest BCUT2D eigenvalue weighted by Gasteiger charge is 2.46. The summed E-state index contributed by atoms with van der Waals surface area (Å²) in [4.78, 5) is 0. The van der Waals surface area contributed by atoms with Gasteiger partial charge in [-0.15, -0.1) is 0 Å². The number of hydrogen-bond donors (Lipinski definition) is 2. The molecule has 0 saturated carbocycles. The van der Waals surface area contributed by atoms with E-state index < -0.39 is 22.7 Å². The van der Waals surface area contributed by atoms with Crippen LogP contribution < -0.4 is 10.6 Å². The lowest BCUT2D eigenvalue weighted by Gasteiger charge is -2.49. The van der Waals surface area contributed by atoms with Crippen molar-refractivity contribution in [2.24, 2.45) is 0 Å². The van der Waals surface area contributed by atoms with Crippen molar-refractivity contribution in [1.82, 2.24) is 0 Å². The van der Waals surface area contributed by atoms with Crippen LogP contribution in [0.3, 0.4) is 0 Å². The lowest BCUT2D eigenvalue weighted by molar-refractivity contribution is -0.162. The summed E-state index contributed by atoms with van der Waals surface area (Å²) in [5.41, 5.74) is 1.54. The summed E-state index contributed by atoms with van der Waals surface area (Å²) in [6, 6.07) is 4.33. The van der Waals surface area contributed by atoms with Crippen LogP contribution in [-0.2, 0) is 58.6 Å². The van der Waals surface area contributed by atoms with Crippen molar-refractivity contribution >= 4 is 11.4 Å². The van der Waals surface area contributed by atoms with Gasteiger partial charge in [0.15, 0.2) is 11.4 Å². The number of benzene rings is 1. The summed E-state index contributed by atoms with van der Waals surface area (Å²) in [7, 11) is 3.30. The van der Waals surface area contributed by atoms with E-state index in [1.807, 2.05) is 13.8 Å². The van der Waals surface area contributed by atoms with E-state index in [1.54, 1.807) is 14.2 Å². The molecule has 0 saturated heterocycles. The van der Waals surface area contributed by atoms with Gasteiger partial charge in [-0.1, -0.05) is 0 Å². The Morgan fingerprint density at radius 3 is 1.14 bits per heavy atom. The molecule has 0 aliphatic carbocycles. The lowest BCUT2D eigenvalue weighted by Crippen LogP contribution is -2.53. The van der Waals surface area contributed by atoms with Crippen LogP contribution in [0.5, 0.6) is 0 Å². The molecule has 2 heterocycles. The average Bonchev–Trinajstić information content (AvgIpc) is 2.93. The van der Waals surface area contributed by atoms with Crippen molar-refractivity contribution in [3.63, 3.8) is 0 Å². The van der Waals surface area contributed by atoms with Crippen LogP contribution in [0, 0.1) is 0 Å².